The first kappa shape index (κ1) is 27.4. The minimum absolute atomic E-state index is 0.566. The standard InChI is InChI=1S/C44H26N4/c1-46-39-16-10-15-37(44(39)48-42-19-8-4-13-35(42)36-14-5-9-20-43(36)48)32-26-21-29(28-45)27-38(32)30-22-24-31(25-23-30)47-40-17-6-2-11-33(40)34-12-3-7-18-41(34)47/h2-27H. The average molecular weight is 611 g/mol. The van der Waals surface area contributed by atoms with Gasteiger partial charge in [0.05, 0.1) is 46.0 Å². The zero-order valence-corrected chi connectivity index (χ0v) is 25.8. The van der Waals surface area contributed by atoms with Crippen LogP contribution < -0.4 is 0 Å². The molecule has 0 N–H and O–H groups in total. The second kappa shape index (κ2) is 10.9. The van der Waals surface area contributed by atoms with Gasteiger partial charge < -0.3 is 9.13 Å². The van der Waals surface area contributed by atoms with Crippen LogP contribution in [-0.2, 0) is 0 Å². The fraction of sp³-hybridized carbons (Fsp3) is 0. The maximum Gasteiger partial charge on any atom is 0.211 e. The smallest absolute Gasteiger partial charge is 0.211 e. The largest absolute Gasteiger partial charge is 0.318 e. The Bertz CT molecular complexity index is 2690. The first-order chi connectivity index (χ1) is 23.7. The number of aromatic nitrogens is 2. The minimum Gasteiger partial charge on any atom is -0.318 e. The minimum atomic E-state index is 0.566. The summed E-state index contributed by atoms with van der Waals surface area (Å²) in [5, 5.41) is 14.7. The van der Waals surface area contributed by atoms with E-state index in [0.717, 1.165) is 66.5 Å². The lowest BCUT2D eigenvalue weighted by atomic mass is 9.91. The molecule has 0 fully saturated rings. The van der Waals surface area contributed by atoms with E-state index in [1.54, 1.807) is 0 Å². The SMILES string of the molecule is [C-]#[N+]c1cccc(-c2ccc(C#N)cc2-c2ccc(-n3c4ccccc4c4ccccc43)cc2)c1-n1c2ccccc2c2ccccc21. The van der Waals surface area contributed by atoms with Crippen molar-refractivity contribution in [2.24, 2.45) is 0 Å². The third-order valence-corrected chi connectivity index (χ3v) is 9.39. The molecule has 0 spiro atoms. The number of nitrogens with zero attached hydrogens (tertiary/aromatic N) is 4. The van der Waals surface area contributed by atoms with Crippen LogP contribution in [0.25, 0.3) is 82.1 Å². The molecule has 7 aromatic carbocycles. The van der Waals surface area contributed by atoms with E-state index in [1.807, 2.05) is 42.5 Å². The van der Waals surface area contributed by atoms with Crippen LogP contribution in [0.2, 0.25) is 0 Å². The highest BCUT2D eigenvalue weighted by Crippen LogP contribution is 2.44. The van der Waals surface area contributed by atoms with Crippen molar-refractivity contribution < 1.29 is 0 Å². The molecule has 4 heteroatoms. The summed E-state index contributed by atoms with van der Waals surface area (Å²) in [4.78, 5) is 4.03. The summed E-state index contributed by atoms with van der Waals surface area (Å²) in [6, 6.07) is 56.4. The highest BCUT2D eigenvalue weighted by atomic mass is 15.0. The van der Waals surface area contributed by atoms with Crippen molar-refractivity contribution in [1.82, 2.24) is 9.13 Å². The molecule has 2 aromatic heterocycles. The molecule has 48 heavy (non-hydrogen) atoms. The molecule has 9 rings (SSSR count). The van der Waals surface area contributed by atoms with Crippen molar-refractivity contribution in [2.75, 3.05) is 0 Å². The number of fused-ring (bicyclic) bond motifs is 6. The third kappa shape index (κ3) is 4.07. The molecule has 0 saturated heterocycles. The molecule has 0 atom stereocenters. The maximum atomic E-state index is 9.97. The van der Waals surface area contributed by atoms with E-state index < -0.39 is 0 Å². The Balaban J connectivity index is 1.27. The Labute approximate surface area is 277 Å². The van der Waals surface area contributed by atoms with Gasteiger partial charge in [-0.3, -0.25) is 0 Å². The normalized spacial score (nSPS) is 11.3. The lowest BCUT2D eigenvalue weighted by molar-refractivity contribution is 1.18. The predicted molar refractivity (Wildman–Crippen MR) is 197 cm³/mol. The second-order valence-electron chi connectivity index (χ2n) is 11.9. The van der Waals surface area contributed by atoms with Crippen LogP contribution in [0.1, 0.15) is 5.56 Å². The van der Waals surface area contributed by atoms with Gasteiger partial charge in [-0.25, -0.2) is 4.85 Å². The molecule has 0 aliphatic heterocycles. The van der Waals surface area contributed by atoms with Crippen LogP contribution >= 0.6 is 0 Å². The van der Waals surface area contributed by atoms with Crippen LogP contribution in [0.15, 0.2) is 158 Å². The average Bonchev–Trinajstić information content (AvgIpc) is 3.67. The van der Waals surface area contributed by atoms with Crippen LogP contribution in [0.3, 0.4) is 0 Å². The Morgan fingerprint density at radius 3 is 1.52 bits per heavy atom. The van der Waals surface area contributed by atoms with Crippen molar-refractivity contribution in [2.45, 2.75) is 0 Å². The summed E-state index contributed by atoms with van der Waals surface area (Å²) in [6.45, 7) is 8.22. The van der Waals surface area contributed by atoms with Crippen molar-refractivity contribution >= 4 is 49.3 Å². The van der Waals surface area contributed by atoms with Gasteiger partial charge in [0, 0.05) is 27.2 Å². The van der Waals surface area contributed by atoms with E-state index in [0.29, 0.717) is 11.3 Å². The second-order valence-corrected chi connectivity index (χ2v) is 11.9. The van der Waals surface area contributed by atoms with Gasteiger partial charge in [0.25, 0.3) is 0 Å². The van der Waals surface area contributed by atoms with Gasteiger partial charge in [0.15, 0.2) is 0 Å². The first-order valence-electron chi connectivity index (χ1n) is 15.9. The summed E-state index contributed by atoms with van der Waals surface area (Å²) in [6.07, 6.45) is 0. The predicted octanol–water partition coefficient (Wildman–Crippen LogP) is 11.6. The number of rotatable bonds is 4. The van der Waals surface area contributed by atoms with Gasteiger partial charge in [-0.15, -0.1) is 0 Å². The van der Waals surface area contributed by atoms with Gasteiger partial charge in [-0.1, -0.05) is 109 Å². The van der Waals surface area contributed by atoms with Crippen molar-refractivity contribution in [3.05, 3.63) is 175 Å². The maximum absolute atomic E-state index is 9.97. The lowest BCUT2D eigenvalue weighted by Gasteiger charge is -2.19. The fourth-order valence-corrected chi connectivity index (χ4v) is 7.32. The molecule has 0 saturated carbocycles. The van der Waals surface area contributed by atoms with E-state index >= 15 is 0 Å². The summed E-state index contributed by atoms with van der Waals surface area (Å²) >= 11 is 0. The Morgan fingerprint density at radius 2 is 1.00 bits per heavy atom. The highest BCUT2D eigenvalue weighted by molar-refractivity contribution is 6.11. The molecule has 0 aliphatic rings. The van der Waals surface area contributed by atoms with Gasteiger partial charge in [-0.2, -0.15) is 5.26 Å². The summed E-state index contributed by atoms with van der Waals surface area (Å²) in [5.74, 6) is 0. The number of benzene rings is 7. The monoisotopic (exact) mass is 610 g/mol. The third-order valence-electron chi connectivity index (χ3n) is 9.39. The van der Waals surface area contributed by atoms with E-state index in [9.17, 15) is 5.26 Å². The van der Waals surface area contributed by atoms with Crippen LogP contribution in [-0.4, -0.2) is 9.13 Å². The van der Waals surface area contributed by atoms with E-state index in [2.05, 4.69) is 135 Å². The van der Waals surface area contributed by atoms with Gasteiger partial charge in [-0.05, 0) is 70.8 Å². The zero-order chi connectivity index (χ0) is 32.2. The van der Waals surface area contributed by atoms with Crippen LogP contribution in [0.4, 0.5) is 5.69 Å². The fourth-order valence-electron chi connectivity index (χ4n) is 7.32. The number of nitriles is 1. The quantitative estimate of drug-likeness (QED) is 0.183. The molecule has 2 heterocycles. The number of hydrogen-bond acceptors (Lipinski definition) is 1. The summed E-state index contributed by atoms with van der Waals surface area (Å²) in [7, 11) is 0. The van der Waals surface area contributed by atoms with Crippen LogP contribution in [0.5, 0.6) is 0 Å². The highest BCUT2D eigenvalue weighted by Gasteiger charge is 2.21. The summed E-state index contributed by atoms with van der Waals surface area (Å²) in [5.41, 5.74) is 11.3. The van der Waals surface area contributed by atoms with E-state index in [-0.39, 0.29) is 0 Å². The van der Waals surface area contributed by atoms with E-state index in [4.69, 9.17) is 6.57 Å². The molecule has 0 amide bonds. The zero-order valence-electron chi connectivity index (χ0n) is 25.8. The molecule has 222 valence electrons. The Morgan fingerprint density at radius 1 is 0.479 bits per heavy atom. The van der Waals surface area contributed by atoms with Crippen molar-refractivity contribution in [1.29, 1.82) is 5.26 Å². The number of hydrogen-bond donors (Lipinski definition) is 0. The molecule has 0 unspecified atom stereocenters. The molecular formula is C44H26N4. The molecule has 0 aliphatic carbocycles. The van der Waals surface area contributed by atoms with Crippen LogP contribution in [0, 0.1) is 17.9 Å². The lowest BCUT2D eigenvalue weighted by Crippen LogP contribution is -1.99. The molecule has 0 bridgehead atoms. The molecule has 9 aromatic rings. The molecular weight excluding hydrogens is 585 g/mol. The van der Waals surface area contributed by atoms with E-state index in [1.165, 1.54) is 10.8 Å². The van der Waals surface area contributed by atoms with Gasteiger partial charge in [0.2, 0.25) is 5.69 Å². The Kier molecular flexibility index (Phi) is 6.22. The van der Waals surface area contributed by atoms with Crippen molar-refractivity contribution in [3.63, 3.8) is 0 Å². The molecule has 4 nitrogen and oxygen atoms in total. The molecule has 0 radical (unpaired) electrons. The van der Waals surface area contributed by atoms with Crippen molar-refractivity contribution in [3.8, 4) is 39.7 Å². The topological polar surface area (TPSA) is 38.0 Å². The number of para-hydroxylation sites is 5. The summed E-state index contributed by atoms with van der Waals surface area (Å²) < 4.78 is 4.53. The van der Waals surface area contributed by atoms with Gasteiger partial charge in [0.1, 0.15) is 0 Å². The first-order valence-corrected chi connectivity index (χ1v) is 15.9. The van der Waals surface area contributed by atoms with Gasteiger partial charge >= 0.3 is 0 Å². The Hall–Kier alpha value is -6.88.